The molecule has 0 N–H and O–H groups in total. The van der Waals surface area contributed by atoms with Gasteiger partial charge in [-0.05, 0) is 144 Å². The summed E-state index contributed by atoms with van der Waals surface area (Å²) in [5.74, 6) is 3.88. The molecule has 67 heavy (non-hydrogen) atoms. The van der Waals surface area contributed by atoms with Crippen LogP contribution in [0.2, 0.25) is 0 Å². The van der Waals surface area contributed by atoms with Gasteiger partial charge in [0, 0.05) is 64.4 Å². The van der Waals surface area contributed by atoms with Gasteiger partial charge in [0.15, 0.2) is 0 Å². The summed E-state index contributed by atoms with van der Waals surface area (Å²) < 4.78 is 41.2. The first-order valence-electron chi connectivity index (χ1n) is 26.8. The minimum Gasteiger partial charge on any atom is -0.486 e. The summed E-state index contributed by atoms with van der Waals surface area (Å²) in [6, 6.07) is 10.5. The number of hydrogen-bond donors (Lipinski definition) is 0. The van der Waals surface area contributed by atoms with Crippen molar-refractivity contribution in [1.82, 2.24) is 9.80 Å². The van der Waals surface area contributed by atoms with E-state index in [0.29, 0.717) is 31.6 Å². The molecular weight excluding hydrogens is 833 g/mol. The van der Waals surface area contributed by atoms with Crippen molar-refractivity contribution in [2.45, 2.75) is 191 Å². The number of piperidine rings is 2. The van der Waals surface area contributed by atoms with Gasteiger partial charge in [-0.15, -0.1) is 6.58 Å². The fourth-order valence-electron chi connectivity index (χ4n) is 19.3. The van der Waals surface area contributed by atoms with Gasteiger partial charge in [0.2, 0.25) is 0 Å². The highest BCUT2D eigenvalue weighted by Crippen LogP contribution is 2.80. The molecule has 14 atom stereocenters. The van der Waals surface area contributed by atoms with Crippen LogP contribution in [0.15, 0.2) is 49.1 Å². The van der Waals surface area contributed by atoms with Crippen molar-refractivity contribution in [1.29, 1.82) is 0 Å². The fraction of sp³-hybridized carbons (Fsp3) is 0.729. The van der Waals surface area contributed by atoms with E-state index in [4.69, 9.17) is 28.4 Å². The van der Waals surface area contributed by atoms with Crippen LogP contribution in [0.1, 0.15) is 140 Å². The Kier molecular flexibility index (Phi) is 8.38. The van der Waals surface area contributed by atoms with E-state index in [9.17, 15) is 0 Å². The molecule has 0 radical (unpaired) electrons. The number of benzene rings is 2. The predicted molar refractivity (Wildman–Crippen MR) is 260 cm³/mol. The van der Waals surface area contributed by atoms with E-state index < -0.39 is 5.60 Å². The summed E-state index contributed by atoms with van der Waals surface area (Å²) in [6.45, 7) is 32.7. The largest absolute Gasteiger partial charge is 0.486 e. The molecule has 15 aliphatic rings. The minimum atomic E-state index is -0.425. The normalized spacial score (nSPS) is 47.4. The number of fused-ring (bicyclic) bond motifs is 1. The van der Waals surface area contributed by atoms with Crippen molar-refractivity contribution in [2.24, 2.45) is 39.4 Å². The lowest BCUT2D eigenvalue weighted by molar-refractivity contribution is -0.389. The lowest BCUT2D eigenvalue weighted by Crippen LogP contribution is -2.84. The van der Waals surface area contributed by atoms with E-state index in [-0.39, 0.29) is 67.4 Å². The molecule has 2 aromatic carbocycles. The van der Waals surface area contributed by atoms with Crippen LogP contribution in [-0.2, 0) is 42.6 Å². The van der Waals surface area contributed by atoms with Crippen molar-refractivity contribution in [3.8, 4) is 11.5 Å². The van der Waals surface area contributed by atoms with Crippen LogP contribution in [-0.4, -0.2) is 96.3 Å². The molecule has 0 aromatic heterocycles. The number of hydrogen-bond acceptors (Lipinski definition) is 8. The van der Waals surface area contributed by atoms with Crippen molar-refractivity contribution in [2.75, 3.05) is 39.8 Å². The number of ether oxygens (including phenoxy) is 6. The quantitative estimate of drug-likeness (QED) is 0.281. The third-order valence-corrected chi connectivity index (χ3v) is 23.3. The Hall–Kier alpha value is -2.72. The second-order valence-corrected chi connectivity index (χ2v) is 27.0. The van der Waals surface area contributed by atoms with Crippen molar-refractivity contribution in [3.63, 3.8) is 0 Å². The molecule has 8 bridgehead atoms. The van der Waals surface area contributed by atoms with E-state index in [1.807, 2.05) is 0 Å². The predicted octanol–water partition coefficient (Wildman–Crippen LogP) is 10.3. The van der Waals surface area contributed by atoms with Gasteiger partial charge in [0.25, 0.3) is 0 Å². The molecule has 0 unspecified atom stereocenters. The third kappa shape index (κ3) is 4.68. The van der Waals surface area contributed by atoms with Gasteiger partial charge < -0.3 is 28.4 Å². The maximum atomic E-state index is 7.18. The Morgan fingerprint density at radius 3 is 1.96 bits per heavy atom. The van der Waals surface area contributed by atoms with Crippen LogP contribution < -0.4 is 9.47 Å². The first kappa shape index (κ1) is 43.1. The smallest absolute Gasteiger partial charge is 0.148 e. The summed E-state index contributed by atoms with van der Waals surface area (Å²) >= 11 is 0. The van der Waals surface area contributed by atoms with Crippen molar-refractivity contribution >= 4 is 0 Å². The average molecular weight is 911 g/mol. The Bertz CT molecular complexity index is 2540. The molecule has 0 amide bonds. The summed E-state index contributed by atoms with van der Waals surface area (Å²) in [5.41, 5.74) is 7.94. The molecule has 4 saturated heterocycles. The van der Waals surface area contributed by atoms with Crippen LogP contribution in [0.25, 0.3) is 0 Å². The molecule has 2 aromatic rings. The van der Waals surface area contributed by atoms with Crippen LogP contribution in [0.5, 0.6) is 11.5 Å². The summed E-state index contributed by atoms with van der Waals surface area (Å²) in [6.07, 6.45) is 19.4. The van der Waals surface area contributed by atoms with E-state index in [2.05, 4.69) is 128 Å². The van der Waals surface area contributed by atoms with E-state index >= 15 is 0 Å². The zero-order chi connectivity index (χ0) is 46.3. The molecule has 8 nitrogen and oxygen atoms in total. The minimum absolute atomic E-state index is 0.00752. The third-order valence-electron chi connectivity index (χ3n) is 23.3. The standard InChI is InChI=1S/C30H39NO3.C29H39NO3/c1-18-6-9-20-14-22-28-10-11-30(21(15-28)27(5,26(2,3)4)32-17-33-30)25-29(28,23(20)24(18)34-25)12-13-31(22)16-19-7-8-19;1-7-13-30-14-12-28-22-19-9-8-18(2)23(22)33-24(28)29-11-10-27(28,21(30)15-19)16-20(29)26(6,25(3,4)5)31-17-32-29/h6,9-11,19,21-22,25H,7-8,12-17H2,1-5H3;7-9,20-21,24H,1,10-17H2,2-6H3/t21-,22-,25-,27+,28-,29+,30-;20-,21-,24-,26+,27-,28+,29-/m11/s1. The fourth-order valence-corrected chi connectivity index (χ4v) is 19.3. The van der Waals surface area contributed by atoms with Crippen LogP contribution in [0, 0.1) is 53.3 Å². The molecule has 17 rings (SSSR count). The van der Waals surface area contributed by atoms with Gasteiger partial charge in [-0.1, -0.05) is 84.0 Å². The van der Waals surface area contributed by atoms with Crippen LogP contribution >= 0.6 is 0 Å². The number of aryl methyl sites for hydroxylation is 2. The maximum Gasteiger partial charge on any atom is 0.148 e. The number of likely N-dealkylation sites (tertiary alicyclic amines) is 2. The van der Waals surface area contributed by atoms with E-state index in [0.717, 1.165) is 51.1 Å². The molecule has 360 valence electrons. The Labute approximate surface area is 400 Å². The van der Waals surface area contributed by atoms with E-state index in [1.54, 1.807) is 16.7 Å². The molecule has 6 heterocycles. The first-order chi connectivity index (χ1) is 31.8. The topological polar surface area (TPSA) is 61.9 Å². The van der Waals surface area contributed by atoms with Gasteiger partial charge in [0.1, 0.15) is 48.5 Å². The highest BCUT2D eigenvalue weighted by Gasteiger charge is 2.84. The maximum absolute atomic E-state index is 7.18. The second-order valence-electron chi connectivity index (χ2n) is 27.0. The first-order valence-corrected chi connectivity index (χ1v) is 26.8. The molecule has 8 heteroatoms. The Morgan fingerprint density at radius 2 is 1.28 bits per heavy atom. The van der Waals surface area contributed by atoms with Crippen molar-refractivity contribution < 1.29 is 28.4 Å². The van der Waals surface area contributed by atoms with Crippen molar-refractivity contribution in [3.05, 3.63) is 82.5 Å². The average Bonchev–Trinajstić information content (AvgIpc) is 3.91. The van der Waals surface area contributed by atoms with Gasteiger partial charge in [-0.3, -0.25) is 9.80 Å². The van der Waals surface area contributed by atoms with Gasteiger partial charge in [-0.2, -0.15) is 0 Å². The molecule has 5 saturated carbocycles. The highest BCUT2D eigenvalue weighted by atomic mass is 16.7. The van der Waals surface area contributed by atoms with Crippen LogP contribution in [0.4, 0.5) is 0 Å². The second kappa shape index (κ2) is 13.0. The Balaban J connectivity index is 0.000000127. The SMILES string of the molecule is C=CCN1CC[C@]23c4c5ccc(C)c4O[C@H]2[C@@]24CC[C@@]3(C[C@@H]2[C@@](C)(C(C)(C)C)OCO4)[C@H]1C5.Cc1ccc2c3c1O[C@H]1[C@@]45C=C[C@@]6(C[C@@H]4[C@@](C)(C(C)(C)C)OCO5)[C@@H](C2)N(CC2CC2)CC[C@]316. The molecule has 9 fully saturated rings. The lowest BCUT2D eigenvalue weighted by atomic mass is 9.33. The van der Waals surface area contributed by atoms with Gasteiger partial charge >= 0.3 is 0 Å². The molecular formula is C59H78N2O6. The lowest BCUT2D eigenvalue weighted by Gasteiger charge is -2.76. The molecule has 6 spiro atoms. The Morgan fingerprint density at radius 1 is 0.672 bits per heavy atom. The monoisotopic (exact) mass is 911 g/mol. The summed E-state index contributed by atoms with van der Waals surface area (Å²) in [7, 11) is 0. The van der Waals surface area contributed by atoms with Crippen LogP contribution in [0.3, 0.4) is 0 Å². The molecule has 6 aliphatic heterocycles. The highest BCUT2D eigenvalue weighted by molar-refractivity contribution is 5.64. The number of nitrogens with zero attached hydrogens (tertiary/aromatic N) is 2. The number of rotatable bonds is 4. The zero-order valence-electron chi connectivity index (χ0n) is 42.4. The zero-order valence-corrected chi connectivity index (χ0v) is 42.4. The molecule has 9 aliphatic carbocycles. The summed E-state index contributed by atoms with van der Waals surface area (Å²) in [4.78, 5) is 5.63. The van der Waals surface area contributed by atoms with E-state index in [1.165, 1.54) is 73.4 Å². The van der Waals surface area contributed by atoms with Gasteiger partial charge in [-0.25, -0.2) is 0 Å². The summed E-state index contributed by atoms with van der Waals surface area (Å²) in [5, 5.41) is 0. The van der Waals surface area contributed by atoms with Gasteiger partial charge in [0.05, 0.1) is 16.6 Å².